The molecule has 0 aliphatic carbocycles. The molecule has 0 atom stereocenters. The van der Waals surface area contributed by atoms with Gasteiger partial charge in [0.1, 0.15) is 12.4 Å². The fourth-order valence-electron chi connectivity index (χ4n) is 3.15. The summed E-state index contributed by atoms with van der Waals surface area (Å²) in [5.41, 5.74) is 0.743. The van der Waals surface area contributed by atoms with Gasteiger partial charge in [0.05, 0.1) is 11.2 Å². The number of esters is 1. The summed E-state index contributed by atoms with van der Waals surface area (Å²) >= 11 is 0. The predicted molar refractivity (Wildman–Crippen MR) is 125 cm³/mol. The molecule has 1 amide bonds. The van der Waals surface area contributed by atoms with E-state index >= 15 is 0 Å². The second kappa shape index (κ2) is 11.5. The van der Waals surface area contributed by atoms with Crippen LogP contribution in [-0.2, 0) is 26.2 Å². The van der Waals surface area contributed by atoms with Gasteiger partial charge in [-0.3, -0.25) is 4.79 Å². The summed E-state index contributed by atoms with van der Waals surface area (Å²) < 4.78 is 42.6. The number of hydrogen-bond acceptors (Lipinski definition) is 7. The Bertz CT molecular complexity index is 1220. The Balaban J connectivity index is 1.57. The lowest BCUT2D eigenvalue weighted by Gasteiger charge is -2.18. The molecule has 0 saturated heterocycles. The Morgan fingerprint density at radius 2 is 1.74 bits per heavy atom. The molecule has 0 saturated carbocycles. The molecule has 180 valence electrons. The molecule has 1 aromatic heterocycles. The van der Waals surface area contributed by atoms with E-state index < -0.39 is 28.5 Å². The van der Waals surface area contributed by atoms with E-state index in [9.17, 15) is 18.0 Å². The summed E-state index contributed by atoms with van der Waals surface area (Å²) in [6.45, 7) is 3.67. The number of rotatable bonds is 11. The highest BCUT2D eigenvalue weighted by atomic mass is 32.2. The van der Waals surface area contributed by atoms with Gasteiger partial charge in [-0.15, -0.1) is 0 Å². The molecule has 1 N–H and O–H groups in total. The highest BCUT2D eigenvalue weighted by Gasteiger charge is 2.22. The number of nitrogens with one attached hydrogen (secondary N) is 1. The number of benzene rings is 2. The van der Waals surface area contributed by atoms with Gasteiger partial charge in [0.25, 0.3) is 5.91 Å². The summed E-state index contributed by atoms with van der Waals surface area (Å²) in [7, 11) is -3.67. The number of para-hydroxylation sites is 1. The molecule has 0 bridgehead atoms. The van der Waals surface area contributed by atoms with E-state index in [0.717, 1.165) is 0 Å². The molecule has 0 spiro atoms. The van der Waals surface area contributed by atoms with E-state index in [2.05, 4.69) is 5.32 Å². The molecule has 3 aromatic rings. The molecule has 0 aliphatic rings. The van der Waals surface area contributed by atoms with Crippen LogP contribution in [-0.4, -0.2) is 44.3 Å². The molecular formula is C24H26N2O7S. The maximum atomic E-state index is 12.7. The van der Waals surface area contributed by atoms with Crippen LogP contribution in [0.1, 0.15) is 30.0 Å². The summed E-state index contributed by atoms with van der Waals surface area (Å²) in [5, 5.41) is 2.54. The van der Waals surface area contributed by atoms with Crippen molar-refractivity contribution < 1.29 is 31.9 Å². The zero-order chi connectivity index (χ0) is 24.6. The van der Waals surface area contributed by atoms with Crippen LogP contribution in [0.4, 0.5) is 5.69 Å². The molecule has 0 fully saturated rings. The zero-order valence-corrected chi connectivity index (χ0v) is 19.7. The highest BCUT2D eigenvalue weighted by molar-refractivity contribution is 7.89. The zero-order valence-electron chi connectivity index (χ0n) is 18.9. The number of hydrogen-bond donors (Lipinski definition) is 1. The van der Waals surface area contributed by atoms with Crippen LogP contribution in [0.15, 0.2) is 76.2 Å². The van der Waals surface area contributed by atoms with Crippen molar-refractivity contribution in [2.24, 2.45) is 0 Å². The number of carbonyl (C=O) groups excluding carboxylic acids is 2. The van der Waals surface area contributed by atoms with E-state index in [0.29, 0.717) is 24.4 Å². The van der Waals surface area contributed by atoms with Crippen LogP contribution in [0, 0.1) is 0 Å². The number of carbonyl (C=O) groups is 2. The van der Waals surface area contributed by atoms with Crippen LogP contribution in [0.3, 0.4) is 0 Å². The normalized spacial score (nSPS) is 11.3. The maximum Gasteiger partial charge on any atom is 0.375 e. The van der Waals surface area contributed by atoms with E-state index in [1.54, 1.807) is 38.1 Å². The quantitative estimate of drug-likeness (QED) is 0.411. The van der Waals surface area contributed by atoms with Gasteiger partial charge >= 0.3 is 5.97 Å². The van der Waals surface area contributed by atoms with Gasteiger partial charge in [0.15, 0.2) is 6.61 Å². The minimum Gasteiger partial charge on any atom is -0.489 e. The van der Waals surface area contributed by atoms with Crippen LogP contribution in [0.2, 0.25) is 0 Å². The van der Waals surface area contributed by atoms with Gasteiger partial charge in [-0.1, -0.05) is 38.1 Å². The molecule has 10 heteroatoms. The van der Waals surface area contributed by atoms with Crippen molar-refractivity contribution in [2.45, 2.75) is 25.3 Å². The Labute approximate surface area is 198 Å². The molecule has 0 unspecified atom stereocenters. The molecule has 9 nitrogen and oxygen atoms in total. The molecule has 2 aromatic carbocycles. The number of sulfonamides is 1. The van der Waals surface area contributed by atoms with Crippen LogP contribution < -0.4 is 10.1 Å². The minimum atomic E-state index is -3.67. The molecule has 3 rings (SSSR count). The molecule has 0 aliphatic heterocycles. The first-order valence-electron chi connectivity index (χ1n) is 10.7. The third kappa shape index (κ3) is 6.24. The van der Waals surface area contributed by atoms with E-state index in [1.807, 2.05) is 18.2 Å². The summed E-state index contributed by atoms with van der Waals surface area (Å²) in [6.07, 6.45) is 1.34. The van der Waals surface area contributed by atoms with Gasteiger partial charge in [-0.25, -0.2) is 13.2 Å². The smallest absolute Gasteiger partial charge is 0.375 e. The number of amides is 1. The number of anilines is 1. The van der Waals surface area contributed by atoms with Crippen molar-refractivity contribution in [3.8, 4) is 5.75 Å². The standard InChI is InChI=1S/C24H26N2O7S/c1-3-26(4-2)34(29,30)21-12-8-9-19(15-21)25-22(27)17-33-24(28)23-18(13-14-31-23)16-32-20-10-6-5-7-11-20/h5-15H,3-4,16-17H2,1-2H3,(H,25,27). The monoisotopic (exact) mass is 486 g/mol. The number of ether oxygens (including phenoxy) is 2. The third-order valence-corrected chi connectivity index (χ3v) is 6.91. The van der Waals surface area contributed by atoms with Gasteiger partial charge in [0, 0.05) is 24.3 Å². The first-order valence-corrected chi connectivity index (χ1v) is 12.1. The van der Waals surface area contributed by atoms with Crippen molar-refractivity contribution in [3.63, 3.8) is 0 Å². The van der Waals surface area contributed by atoms with E-state index in [1.165, 1.54) is 28.8 Å². The third-order valence-electron chi connectivity index (χ3n) is 4.87. The van der Waals surface area contributed by atoms with Gasteiger partial charge in [-0.2, -0.15) is 4.31 Å². The molecule has 1 heterocycles. The van der Waals surface area contributed by atoms with Crippen molar-refractivity contribution in [3.05, 3.63) is 78.3 Å². The predicted octanol–water partition coefficient (Wildman–Crippen LogP) is 3.68. The number of furan rings is 1. The number of nitrogens with zero attached hydrogens (tertiary/aromatic N) is 1. The fraction of sp³-hybridized carbons (Fsp3) is 0.250. The van der Waals surface area contributed by atoms with Gasteiger partial charge in [0.2, 0.25) is 15.8 Å². The molecule has 0 radical (unpaired) electrons. The summed E-state index contributed by atoms with van der Waals surface area (Å²) in [6, 6.07) is 16.6. The first kappa shape index (κ1) is 25.0. The average molecular weight is 487 g/mol. The van der Waals surface area contributed by atoms with Crippen molar-refractivity contribution >= 4 is 27.6 Å². The second-order valence-corrected chi connectivity index (χ2v) is 9.06. The lowest BCUT2D eigenvalue weighted by Crippen LogP contribution is -2.30. The highest BCUT2D eigenvalue weighted by Crippen LogP contribution is 2.20. The van der Waals surface area contributed by atoms with Gasteiger partial charge in [-0.05, 0) is 36.4 Å². The molecule has 34 heavy (non-hydrogen) atoms. The first-order chi connectivity index (χ1) is 16.3. The minimum absolute atomic E-state index is 0.0592. The summed E-state index contributed by atoms with van der Waals surface area (Å²) in [4.78, 5) is 24.7. The van der Waals surface area contributed by atoms with Gasteiger partial charge < -0.3 is 19.2 Å². The van der Waals surface area contributed by atoms with Crippen molar-refractivity contribution in [2.75, 3.05) is 25.0 Å². The van der Waals surface area contributed by atoms with Crippen LogP contribution in [0.25, 0.3) is 0 Å². The molecular weight excluding hydrogens is 460 g/mol. The average Bonchev–Trinajstić information content (AvgIpc) is 3.31. The van der Waals surface area contributed by atoms with E-state index in [-0.39, 0.29) is 22.9 Å². The largest absolute Gasteiger partial charge is 0.489 e. The second-order valence-electron chi connectivity index (χ2n) is 7.12. The van der Waals surface area contributed by atoms with Crippen molar-refractivity contribution in [1.82, 2.24) is 4.31 Å². The fourth-order valence-corrected chi connectivity index (χ4v) is 4.65. The van der Waals surface area contributed by atoms with Crippen LogP contribution in [0.5, 0.6) is 5.75 Å². The Morgan fingerprint density at radius 1 is 1.00 bits per heavy atom. The Kier molecular flexibility index (Phi) is 8.44. The van der Waals surface area contributed by atoms with Crippen molar-refractivity contribution in [1.29, 1.82) is 0 Å². The van der Waals surface area contributed by atoms with Crippen LogP contribution >= 0.6 is 0 Å². The maximum absolute atomic E-state index is 12.7. The topological polar surface area (TPSA) is 115 Å². The SMILES string of the molecule is CCN(CC)S(=O)(=O)c1cccc(NC(=O)COC(=O)c2occc2COc2ccccc2)c1. The van der Waals surface area contributed by atoms with E-state index in [4.69, 9.17) is 13.9 Å². The summed E-state index contributed by atoms with van der Waals surface area (Å²) in [5.74, 6) is -0.868. The lowest BCUT2D eigenvalue weighted by molar-refractivity contribution is -0.119. The Morgan fingerprint density at radius 3 is 2.44 bits per heavy atom. The lowest BCUT2D eigenvalue weighted by atomic mass is 10.2. The Hall–Kier alpha value is -3.63.